The largest absolute Gasteiger partial charge is 0.382 e. The summed E-state index contributed by atoms with van der Waals surface area (Å²) in [4.78, 5) is 21.3. The van der Waals surface area contributed by atoms with Crippen molar-refractivity contribution in [2.24, 2.45) is 7.05 Å². The monoisotopic (exact) mass is 408 g/mol. The number of nitrogens with zero attached hydrogens (tertiary/aromatic N) is 5. The van der Waals surface area contributed by atoms with Gasteiger partial charge in [-0.2, -0.15) is 5.10 Å². The number of halogens is 1. The first-order valence-electron chi connectivity index (χ1n) is 9.98. The molecule has 2 aromatic heterocycles. The molecule has 4 rings (SSSR count). The van der Waals surface area contributed by atoms with E-state index in [1.807, 2.05) is 24.9 Å². The molecular formula is C22H25FN6O. The number of nitrogen functional groups attached to an aromatic ring is 1. The summed E-state index contributed by atoms with van der Waals surface area (Å²) in [6.45, 7) is 4.61. The first kappa shape index (κ1) is 19.9. The fourth-order valence-electron chi connectivity index (χ4n) is 3.85. The number of aryl methyl sites for hydroxylation is 1. The Hall–Kier alpha value is -3.42. The van der Waals surface area contributed by atoms with Crippen LogP contribution in [0.4, 0.5) is 27.4 Å². The fourth-order valence-corrected chi connectivity index (χ4v) is 3.85. The van der Waals surface area contributed by atoms with E-state index in [4.69, 9.17) is 5.73 Å². The van der Waals surface area contributed by atoms with Crippen LogP contribution in [0.5, 0.6) is 0 Å². The minimum Gasteiger partial charge on any atom is -0.382 e. The summed E-state index contributed by atoms with van der Waals surface area (Å²) in [5.41, 5.74) is 10.3. The summed E-state index contributed by atoms with van der Waals surface area (Å²) in [7, 11) is 3.52. The molecule has 1 amide bonds. The number of hydrogen-bond acceptors (Lipinski definition) is 5. The second kappa shape index (κ2) is 7.44. The van der Waals surface area contributed by atoms with Crippen molar-refractivity contribution in [2.45, 2.75) is 26.7 Å². The smallest absolute Gasteiger partial charge is 0.261 e. The van der Waals surface area contributed by atoms with Gasteiger partial charge >= 0.3 is 0 Å². The van der Waals surface area contributed by atoms with Gasteiger partial charge in [0.1, 0.15) is 11.6 Å². The lowest BCUT2D eigenvalue weighted by molar-refractivity contribution is 0.0992. The highest BCUT2D eigenvalue weighted by Gasteiger charge is 2.29. The molecule has 1 aliphatic rings. The number of nitrogens with two attached hydrogens (primary N) is 1. The van der Waals surface area contributed by atoms with Gasteiger partial charge in [-0.15, -0.1) is 0 Å². The van der Waals surface area contributed by atoms with Crippen LogP contribution in [-0.2, 0) is 7.05 Å². The third kappa shape index (κ3) is 3.08. The Bertz CT molecular complexity index is 1140. The first-order chi connectivity index (χ1) is 14.3. The summed E-state index contributed by atoms with van der Waals surface area (Å²) in [5, 5.41) is 4.57. The van der Waals surface area contributed by atoms with Gasteiger partial charge in [0.15, 0.2) is 5.82 Å². The number of unbranched alkanes of at least 4 members (excludes halogenated alkanes) is 1. The maximum atomic E-state index is 14.3. The second-order valence-corrected chi connectivity index (χ2v) is 7.57. The van der Waals surface area contributed by atoms with E-state index >= 15 is 0 Å². The fraction of sp³-hybridized carbons (Fsp3) is 0.318. The number of rotatable bonds is 3. The molecule has 0 spiro atoms. The Balaban J connectivity index is 2.08. The van der Waals surface area contributed by atoms with Gasteiger partial charge in [-0.1, -0.05) is 13.3 Å². The predicted octanol–water partition coefficient (Wildman–Crippen LogP) is 4.04. The minimum absolute atomic E-state index is 0.262. The molecule has 30 heavy (non-hydrogen) atoms. The van der Waals surface area contributed by atoms with Crippen LogP contribution >= 0.6 is 0 Å². The highest BCUT2D eigenvalue weighted by Crippen LogP contribution is 2.41. The number of hydrogen-bond donors (Lipinski definition) is 1. The van der Waals surface area contributed by atoms with Gasteiger partial charge in [0.25, 0.3) is 5.91 Å². The lowest BCUT2D eigenvalue weighted by Crippen LogP contribution is -2.31. The van der Waals surface area contributed by atoms with Crippen LogP contribution in [0.2, 0.25) is 0 Å². The maximum absolute atomic E-state index is 14.3. The molecular weight excluding hydrogens is 383 g/mol. The Morgan fingerprint density at radius 1 is 1.17 bits per heavy atom. The van der Waals surface area contributed by atoms with E-state index in [1.165, 1.54) is 23.1 Å². The van der Waals surface area contributed by atoms with Crippen molar-refractivity contribution in [3.05, 3.63) is 47.5 Å². The standard InChI is InChI=1S/C22H25FN6O/c1-5-6-9-29-17-11-15(23)7-8-16(17)22(30)27(3)21-19(13(2)28(4)26-21)14-10-18(29)20(24)25-12-14/h7-8,10-12H,5-6,9H2,1-4H3,(H2,24,25). The van der Waals surface area contributed by atoms with E-state index in [9.17, 15) is 9.18 Å². The molecule has 0 aliphatic carbocycles. The number of amides is 1. The van der Waals surface area contributed by atoms with E-state index in [2.05, 4.69) is 17.0 Å². The molecule has 7 nitrogen and oxygen atoms in total. The van der Waals surface area contributed by atoms with Crippen molar-refractivity contribution < 1.29 is 9.18 Å². The molecule has 2 bridgehead atoms. The van der Waals surface area contributed by atoms with Crippen LogP contribution in [0.3, 0.4) is 0 Å². The number of carbonyl (C=O) groups excluding carboxylic acids is 1. The molecule has 0 unspecified atom stereocenters. The zero-order valence-corrected chi connectivity index (χ0v) is 17.6. The summed E-state index contributed by atoms with van der Waals surface area (Å²) in [6, 6.07) is 6.16. The third-order valence-electron chi connectivity index (χ3n) is 5.63. The van der Waals surface area contributed by atoms with Crippen LogP contribution in [0, 0.1) is 12.7 Å². The molecule has 0 radical (unpaired) electrons. The normalized spacial score (nSPS) is 13.3. The van der Waals surface area contributed by atoms with E-state index in [-0.39, 0.29) is 5.91 Å². The van der Waals surface area contributed by atoms with Crippen molar-refractivity contribution in [2.75, 3.05) is 29.1 Å². The maximum Gasteiger partial charge on any atom is 0.261 e. The van der Waals surface area contributed by atoms with Crippen molar-refractivity contribution in [3.63, 3.8) is 0 Å². The van der Waals surface area contributed by atoms with Crippen LogP contribution in [0.15, 0.2) is 30.5 Å². The van der Waals surface area contributed by atoms with Crippen molar-refractivity contribution in [1.29, 1.82) is 0 Å². The average molecular weight is 408 g/mol. The van der Waals surface area contributed by atoms with Crippen LogP contribution in [0.25, 0.3) is 11.1 Å². The Kier molecular flexibility index (Phi) is 4.93. The molecule has 0 saturated carbocycles. The number of anilines is 4. The molecule has 3 aromatic rings. The molecule has 0 saturated heterocycles. The Labute approximate surface area is 174 Å². The Morgan fingerprint density at radius 2 is 1.93 bits per heavy atom. The summed E-state index contributed by atoms with van der Waals surface area (Å²) in [6.07, 6.45) is 3.48. The Morgan fingerprint density at radius 3 is 2.67 bits per heavy atom. The minimum atomic E-state index is -0.417. The number of pyridine rings is 1. The highest BCUT2D eigenvalue weighted by atomic mass is 19.1. The lowest BCUT2D eigenvalue weighted by Gasteiger charge is -2.30. The summed E-state index contributed by atoms with van der Waals surface area (Å²) in [5.74, 6) is 0.173. The quantitative estimate of drug-likeness (QED) is 0.707. The zero-order valence-electron chi connectivity index (χ0n) is 17.6. The third-order valence-corrected chi connectivity index (χ3v) is 5.63. The molecule has 2 N–H and O–H groups in total. The van der Waals surface area contributed by atoms with Gasteiger partial charge in [0, 0.05) is 43.7 Å². The van der Waals surface area contributed by atoms with Gasteiger partial charge in [0.2, 0.25) is 0 Å². The first-order valence-corrected chi connectivity index (χ1v) is 9.98. The van der Waals surface area contributed by atoms with Gasteiger partial charge < -0.3 is 10.6 Å². The second-order valence-electron chi connectivity index (χ2n) is 7.57. The van der Waals surface area contributed by atoms with Gasteiger partial charge in [-0.3, -0.25) is 14.4 Å². The number of fused-ring (bicyclic) bond motifs is 5. The SMILES string of the molecule is CCCCN1c2cc(F)ccc2C(=O)N(C)c2nn(C)c(C)c2-c2cnc(N)c1c2. The van der Waals surface area contributed by atoms with E-state index < -0.39 is 5.82 Å². The molecule has 8 heteroatoms. The highest BCUT2D eigenvalue weighted by molar-refractivity contribution is 6.11. The lowest BCUT2D eigenvalue weighted by atomic mass is 10.0. The summed E-state index contributed by atoms with van der Waals surface area (Å²) >= 11 is 0. The molecule has 0 fully saturated rings. The topological polar surface area (TPSA) is 80.3 Å². The van der Waals surface area contributed by atoms with Crippen molar-refractivity contribution in [3.8, 4) is 11.1 Å². The number of benzene rings is 1. The summed E-state index contributed by atoms with van der Waals surface area (Å²) < 4.78 is 16.0. The number of carbonyl (C=O) groups is 1. The van der Waals surface area contributed by atoms with Crippen LogP contribution in [0.1, 0.15) is 35.8 Å². The van der Waals surface area contributed by atoms with Gasteiger partial charge in [-0.05, 0) is 37.6 Å². The molecule has 1 aliphatic heterocycles. The van der Waals surface area contributed by atoms with Gasteiger partial charge in [-0.25, -0.2) is 9.37 Å². The van der Waals surface area contributed by atoms with Crippen LogP contribution < -0.4 is 15.5 Å². The average Bonchev–Trinajstić information content (AvgIpc) is 3.02. The van der Waals surface area contributed by atoms with E-state index in [0.29, 0.717) is 35.1 Å². The molecule has 0 atom stereocenters. The van der Waals surface area contributed by atoms with Gasteiger partial charge in [0.05, 0.1) is 16.9 Å². The molecule has 156 valence electrons. The van der Waals surface area contributed by atoms with Crippen LogP contribution in [-0.4, -0.2) is 34.3 Å². The van der Waals surface area contributed by atoms with E-state index in [1.54, 1.807) is 17.9 Å². The van der Waals surface area contributed by atoms with Crippen molar-refractivity contribution >= 4 is 28.9 Å². The van der Waals surface area contributed by atoms with E-state index in [0.717, 1.165) is 29.7 Å². The number of aromatic nitrogens is 3. The predicted molar refractivity (Wildman–Crippen MR) is 117 cm³/mol. The molecule has 3 heterocycles. The van der Waals surface area contributed by atoms with Crippen molar-refractivity contribution in [1.82, 2.24) is 14.8 Å². The molecule has 1 aromatic carbocycles. The zero-order chi connectivity index (χ0) is 21.6.